The maximum Gasteiger partial charge on any atom is 0.123 e. The van der Waals surface area contributed by atoms with E-state index >= 15 is 0 Å². The van der Waals surface area contributed by atoms with Crippen molar-refractivity contribution in [3.05, 3.63) is 35.3 Å². The van der Waals surface area contributed by atoms with Gasteiger partial charge in [-0.15, -0.1) is 23.7 Å². The van der Waals surface area contributed by atoms with Gasteiger partial charge < -0.3 is 10.1 Å². The molecule has 2 unspecified atom stereocenters. The Morgan fingerprint density at radius 3 is 2.74 bits per heavy atom. The summed E-state index contributed by atoms with van der Waals surface area (Å²) in [6, 6.07) is 9.21. The molecular formula is C17H24ClN3OS. The van der Waals surface area contributed by atoms with Crippen LogP contribution in [-0.2, 0) is 6.54 Å². The third kappa shape index (κ3) is 4.44. The summed E-state index contributed by atoms with van der Waals surface area (Å²) in [4.78, 5) is 7.31. The zero-order chi connectivity index (χ0) is 15.5. The first kappa shape index (κ1) is 18.2. The number of halogens is 1. The highest BCUT2D eigenvalue weighted by atomic mass is 35.5. The van der Waals surface area contributed by atoms with Crippen LogP contribution in [0, 0.1) is 0 Å². The first-order chi connectivity index (χ1) is 10.7. The third-order valence-corrected chi connectivity index (χ3v) is 5.09. The summed E-state index contributed by atoms with van der Waals surface area (Å²) >= 11 is 1.71. The minimum absolute atomic E-state index is 0. The van der Waals surface area contributed by atoms with Crippen LogP contribution in [0.3, 0.4) is 0 Å². The van der Waals surface area contributed by atoms with Gasteiger partial charge in [0.1, 0.15) is 10.8 Å². The van der Waals surface area contributed by atoms with E-state index < -0.39 is 0 Å². The molecule has 2 aromatic rings. The van der Waals surface area contributed by atoms with Crippen molar-refractivity contribution in [2.24, 2.45) is 0 Å². The van der Waals surface area contributed by atoms with E-state index in [1.54, 1.807) is 18.4 Å². The largest absolute Gasteiger partial charge is 0.497 e. The van der Waals surface area contributed by atoms with Crippen LogP contribution >= 0.6 is 23.7 Å². The van der Waals surface area contributed by atoms with E-state index in [2.05, 4.69) is 41.6 Å². The highest BCUT2D eigenvalue weighted by Crippen LogP contribution is 2.26. The molecule has 6 heteroatoms. The van der Waals surface area contributed by atoms with Crippen molar-refractivity contribution in [2.75, 3.05) is 20.2 Å². The van der Waals surface area contributed by atoms with Gasteiger partial charge in [0.05, 0.1) is 12.8 Å². The lowest BCUT2D eigenvalue weighted by atomic mass is 10.1. The second-order valence-corrected chi connectivity index (χ2v) is 6.82. The lowest BCUT2D eigenvalue weighted by Crippen LogP contribution is -2.53. The summed E-state index contributed by atoms with van der Waals surface area (Å²) in [5.74, 6) is 0.879. The first-order valence-corrected chi connectivity index (χ1v) is 8.60. The summed E-state index contributed by atoms with van der Waals surface area (Å²) in [5.41, 5.74) is 2.32. The van der Waals surface area contributed by atoms with E-state index in [4.69, 9.17) is 9.72 Å². The molecule has 1 aliphatic rings. The monoisotopic (exact) mass is 353 g/mol. The third-order valence-electron chi connectivity index (χ3n) is 4.15. The van der Waals surface area contributed by atoms with Crippen LogP contribution in [0.5, 0.6) is 5.75 Å². The highest BCUT2D eigenvalue weighted by molar-refractivity contribution is 7.13. The maximum atomic E-state index is 5.20. The van der Waals surface area contributed by atoms with Gasteiger partial charge in [0.2, 0.25) is 0 Å². The number of rotatable bonds is 4. The fourth-order valence-electron chi connectivity index (χ4n) is 2.77. The van der Waals surface area contributed by atoms with Gasteiger partial charge in [-0.05, 0) is 38.1 Å². The van der Waals surface area contributed by atoms with E-state index in [9.17, 15) is 0 Å². The summed E-state index contributed by atoms with van der Waals surface area (Å²) in [7, 11) is 1.69. The summed E-state index contributed by atoms with van der Waals surface area (Å²) in [6.07, 6.45) is 0. The molecule has 1 N–H and O–H groups in total. The van der Waals surface area contributed by atoms with Gasteiger partial charge in [0, 0.05) is 42.7 Å². The molecule has 23 heavy (non-hydrogen) atoms. The minimum atomic E-state index is 0. The van der Waals surface area contributed by atoms with Crippen molar-refractivity contribution in [3.63, 3.8) is 0 Å². The molecule has 0 amide bonds. The predicted octanol–water partition coefficient (Wildman–Crippen LogP) is 3.42. The van der Waals surface area contributed by atoms with Crippen molar-refractivity contribution in [3.8, 4) is 16.3 Å². The molecule has 1 aromatic heterocycles. The number of hydrogen-bond donors (Lipinski definition) is 1. The quantitative estimate of drug-likeness (QED) is 0.913. The number of methoxy groups -OCH3 is 1. The number of aromatic nitrogens is 1. The van der Waals surface area contributed by atoms with Crippen molar-refractivity contribution >= 4 is 23.7 Å². The maximum absolute atomic E-state index is 5.20. The fraction of sp³-hybridized carbons (Fsp3) is 0.471. The smallest absolute Gasteiger partial charge is 0.123 e. The van der Waals surface area contributed by atoms with Crippen molar-refractivity contribution in [1.82, 2.24) is 15.2 Å². The molecule has 1 saturated heterocycles. The minimum Gasteiger partial charge on any atom is -0.497 e. The second-order valence-electron chi connectivity index (χ2n) is 5.96. The Morgan fingerprint density at radius 1 is 1.30 bits per heavy atom. The van der Waals surface area contributed by atoms with Crippen LogP contribution in [0.4, 0.5) is 0 Å². The number of ether oxygens (including phenoxy) is 1. The second kappa shape index (κ2) is 8.11. The number of thiazole rings is 1. The van der Waals surface area contributed by atoms with Gasteiger partial charge in [-0.1, -0.05) is 0 Å². The number of nitrogens with one attached hydrogen (secondary N) is 1. The van der Waals surface area contributed by atoms with Crippen LogP contribution < -0.4 is 10.1 Å². The first-order valence-electron chi connectivity index (χ1n) is 7.72. The van der Waals surface area contributed by atoms with Crippen molar-refractivity contribution in [2.45, 2.75) is 32.5 Å². The van der Waals surface area contributed by atoms with Crippen LogP contribution in [0.2, 0.25) is 0 Å². The molecule has 0 aliphatic carbocycles. The molecule has 0 radical (unpaired) electrons. The normalized spacial score (nSPS) is 21.7. The van der Waals surface area contributed by atoms with Crippen LogP contribution in [0.15, 0.2) is 29.6 Å². The Hall–Kier alpha value is -1.14. The van der Waals surface area contributed by atoms with E-state index in [0.717, 1.165) is 41.6 Å². The molecule has 3 rings (SSSR count). The average molecular weight is 354 g/mol. The number of piperazine rings is 1. The summed E-state index contributed by atoms with van der Waals surface area (Å²) < 4.78 is 5.20. The number of benzene rings is 1. The average Bonchev–Trinajstić information content (AvgIpc) is 2.99. The standard InChI is InChI=1S/C17H23N3OS.ClH/c1-12-9-20(13(2)8-18-12)10-15-11-22-17(19-15)14-4-6-16(21-3)7-5-14;/h4-7,11-13,18H,8-10H2,1-3H3;1H. The molecule has 0 saturated carbocycles. The number of hydrogen-bond acceptors (Lipinski definition) is 5. The molecule has 126 valence electrons. The molecular weight excluding hydrogens is 330 g/mol. The van der Waals surface area contributed by atoms with Gasteiger partial charge >= 0.3 is 0 Å². The summed E-state index contributed by atoms with van der Waals surface area (Å²) in [5, 5.41) is 6.77. The number of nitrogens with zero attached hydrogens (tertiary/aromatic N) is 2. The van der Waals surface area contributed by atoms with Crippen LogP contribution in [0.25, 0.3) is 10.6 Å². The van der Waals surface area contributed by atoms with Crippen molar-refractivity contribution < 1.29 is 4.74 Å². The van der Waals surface area contributed by atoms with Crippen molar-refractivity contribution in [1.29, 1.82) is 0 Å². The SMILES string of the molecule is COc1ccc(-c2nc(CN3CC(C)NCC3C)cs2)cc1.Cl. The van der Waals surface area contributed by atoms with E-state index in [-0.39, 0.29) is 12.4 Å². The Bertz CT molecular complexity index is 617. The Kier molecular flexibility index (Phi) is 6.41. The van der Waals surface area contributed by atoms with Gasteiger partial charge in [0.25, 0.3) is 0 Å². The predicted molar refractivity (Wildman–Crippen MR) is 98.7 cm³/mol. The lowest BCUT2D eigenvalue weighted by Gasteiger charge is -2.37. The molecule has 1 aliphatic heterocycles. The van der Waals surface area contributed by atoms with E-state index in [1.165, 1.54) is 0 Å². The zero-order valence-corrected chi connectivity index (χ0v) is 15.4. The van der Waals surface area contributed by atoms with Gasteiger partial charge in [-0.2, -0.15) is 0 Å². The highest BCUT2D eigenvalue weighted by Gasteiger charge is 2.23. The Morgan fingerprint density at radius 2 is 2.04 bits per heavy atom. The Labute approximate surface area is 148 Å². The molecule has 1 fully saturated rings. The topological polar surface area (TPSA) is 37.4 Å². The fourth-order valence-corrected chi connectivity index (χ4v) is 3.59. The summed E-state index contributed by atoms with van der Waals surface area (Å²) in [6.45, 7) is 7.57. The van der Waals surface area contributed by atoms with Crippen LogP contribution in [-0.4, -0.2) is 42.2 Å². The molecule has 0 bridgehead atoms. The molecule has 0 spiro atoms. The van der Waals surface area contributed by atoms with Gasteiger partial charge in [-0.25, -0.2) is 4.98 Å². The lowest BCUT2D eigenvalue weighted by molar-refractivity contribution is 0.137. The molecule has 4 nitrogen and oxygen atoms in total. The molecule has 2 heterocycles. The van der Waals surface area contributed by atoms with E-state index in [1.807, 2.05) is 12.1 Å². The van der Waals surface area contributed by atoms with Gasteiger partial charge in [-0.3, -0.25) is 4.90 Å². The van der Waals surface area contributed by atoms with E-state index in [0.29, 0.717) is 12.1 Å². The Balaban J connectivity index is 0.00000192. The molecule has 1 aromatic carbocycles. The zero-order valence-electron chi connectivity index (χ0n) is 13.8. The van der Waals surface area contributed by atoms with Crippen LogP contribution in [0.1, 0.15) is 19.5 Å². The molecule has 2 atom stereocenters. The van der Waals surface area contributed by atoms with Gasteiger partial charge in [0.15, 0.2) is 0 Å².